The number of halogens is 1. The smallest absolute Gasteiger partial charge is 0.411 e. The van der Waals surface area contributed by atoms with Crippen LogP contribution in [0, 0.1) is 10.1 Å². The van der Waals surface area contributed by atoms with Gasteiger partial charge in [-0.3, -0.25) is 15.0 Å². The summed E-state index contributed by atoms with van der Waals surface area (Å²) >= 11 is 0. The highest BCUT2D eigenvalue weighted by molar-refractivity contribution is 5.85. The molecule has 82 valence electrons. The van der Waals surface area contributed by atoms with Gasteiger partial charge in [-0.25, -0.2) is 4.79 Å². The fraction of sp³-hybridized carbons (Fsp3) is 0.125. The lowest BCUT2D eigenvalue weighted by Crippen LogP contribution is -2.23. The molecule has 0 aliphatic rings. The Labute approximate surface area is 91.7 Å². The summed E-state index contributed by atoms with van der Waals surface area (Å²) in [6.45, 7) is 0. The van der Waals surface area contributed by atoms with Crippen molar-refractivity contribution in [1.29, 1.82) is 0 Å². The maximum Gasteiger partial charge on any atom is 0.411 e. The van der Waals surface area contributed by atoms with Gasteiger partial charge < -0.3 is 5.11 Å². The maximum atomic E-state index is 10.5. The van der Waals surface area contributed by atoms with Crippen LogP contribution in [0.15, 0.2) is 24.3 Å². The van der Waals surface area contributed by atoms with Crippen LogP contribution in [0.2, 0.25) is 0 Å². The first-order chi connectivity index (χ1) is 6.52. The summed E-state index contributed by atoms with van der Waals surface area (Å²) in [5.41, 5.74) is 0.329. The summed E-state index contributed by atoms with van der Waals surface area (Å²) in [6, 6.07) is 5.28. The molecular formula is C8H9ClN2O4. The van der Waals surface area contributed by atoms with Gasteiger partial charge in [-0.05, 0) is 12.1 Å². The van der Waals surface area contributed by atoms with Crippen molar-refractivity contribution in [2.45, 2.75) is 0 Å². The van der Waals surface area contributed by atoms with Gasteiger partial charge in [-0.15, -0.1) is 12.4 Å². The molecule has 0 saturated heterocycles. The molecule has 1 amide bonds. The van der Waals surface area contributed by atoms with Gasteiger partial charge in [-0.1, -0.05) is 0 Å². The molecule has 1 aromatic rings. The standard InChI is InChI=1S/C8H8N2O4.ClH/c1-9(8(11)12)6-2-4-7(5-3-6)10(13)14;/h2-5H,1H3,(H,11,12);1H. The van der Waals surface area contributed by atoms with Crippen LogP contribution in [0.4, 0.5) is 16.2 Å². The Hall–Kier alpha value is -1.82. The predicted molar refractivity (Wildman–Crippen MR) is 56.8 cm³/mol. The lowest BCUT2D eigenvalue weighted by molar-refractivity contribution is -0.384. The highest BCUT2D eigenvalue weighted by atomic mass is 35.5. The Bertz CT molecular complexity index is 365. The molecule has 0 saturated carbocycles. The number of nitrogens with zero attached hydrogens (tertiary/aromatic N) is 2. The Balaban J connectivity index is 0.00000196. The summed E-state index contributed by atoms with van der Waals surface area (Å²) < 4.78 is 0. The largest absolute Gasteiger partial charge is 0.465 e. The number of nitro benzene ring substituents is 1. The highest BCUT2D eigenvalue weighted by Crippen LogP contribution is 2.18. The molecule has 0 atom stereocenters. The van der Waals surface area contributed by atoms with Gasteiger partial charge in [0.15, 0.2) is 0 Å². The third-order valence-corrected chi connectivity index (χ3v) is 1.73. The van der Waals surface area contributed by atoms with Crippen LogP contribution >= 0.6 is 12.4 Å². The Morgan fingerprint density at radius 3 is 2.20 bits per heavy atom. The molecule has 1 N–H and O–H groups in total. The van der Waals surface area contributed by atoms with E-state index in [9.17, 15) is 14.9 Å². The van der Waals surface area contributed by atoms with Gasteiger partial charge in [0.05, 0.1) is 4.92 Å². The van der Waals surface area contributed by atoms with E-state index in [1.807, 2.05) is 0 Å². The van der Waals surface area contributed by atoms with Crippen molar-refractivity contribution in [2.75, 3.05) is 11.9 Å². The molecule has 0 aliphatic carbocycles. The van der Waals surface area contributed by atoms with Gasteiger partial charge in [0.25, 0.3) is 5.69 Å². The molecular weight excluding hydrogens is 224 g/mol. The third kappa shape index (κ3) is 3.10. The van der Waals surface area contributed by atoms with E-state index in [0.717, 1.165) is 4.90 Å². The fourth-order valence-electron chi connectivity index (χ4n) is 0.908. The summed E-state index contributed by atoms with van der Waals surface area (Å²) in [5.74, 6) is 0. The molecule has 0 fully saturated rings. The van der Waals surface area contributed by atoms with Gasteiger partial charge in [0.1, 0.15) is 0 Å². The number of anilines is 1. The van der Waals surface area contributed by atoms with Crippen LogP contribution in [0.1, 0.15) is 0 Å². The number of hydrogen-bond acceptors (Lipinski definition) is 3. The van der Waals surface area contributed by atoms with Crippen LogP contribution in [0.3, 0.4) is 0 Å². The van der Waals surface area contributed by atoms with E-state index in [0.29, 0.717) is 5.69 Å². The van der Waals surface area contributed by atoms with Crippen molar-refractivity contribution in [2.24, 2.45) is 0 Å². The monoisotopic (exact) mass is 232 g/mol. The van der Waals surface area contributed by atoms with E-state index in [1.165, 1.54) is 31.3 Å². The Kier molecular flexibility index (Phi) is 4.53. The maximum absolute atomic E-state index is 10.5. The molecule has 15 heavy (non-hydrogen) atoms. The summed E-state index contributed by atoms with van der Waals surface area (Å²) in [4.78, 5) is 21.2. The minimum Gasteiger partial charge on any atom is -0.465 e. The summed E-state index contributed by atoms with van der Waals surface area (Å²) in [7, 11) is 1.36. The topological polar surface area (TPSA) is 83.7 Å². The number of carbonyl (C=O) groups is 1. The van der Waals surface area contributed by atoms with E-state index in [4.69, 9.17) is 5.11 Å². The lowest BCUT2D eigenvalue weighted by Gasteiger charge is -2.11. The zero-order chi connectivity index (χ0) is 10.7. The van der Waals surface area contributed by atoms with Crippen LogP contribution in [0.25, 0.3) is 0 Å². The molecule has 0 unspecified atom stereocenters. The Morgan fingerprint density at radius 2 is 1.87 bits per heavy atom. The Morgan fingerprint density at radius 1 is 1.40 bits per heavy atom. The van der Waals surface area contributed by atoms with Crippen molar-refractivity contribution in [3.63, 3.8) is 0 Å². The number of nitro groups is 1. The average Bonchev–Trinajstić information content (AvgIpc) is 2.16. The van der Waals surface area contributed by atoms with E-state index >= 15 is 0 Å². The second-order valence-electron chi connectivity index (χ2n) is 2.62. The zero-order valence-electron chi connectivity index (χ0n) is 7.78. The van der Waals surface area contributed by atoms with Crippen LogP contribution < -0.4 is 4.90 Å². The van der Waals surface area contributed by atoms with Gasteiger partial charge in [0, 0.05) is 24.9 Å². The first-order valence-electron chi connectivity index (χ1n) is 3.73. The number of amides is 1. The first-order valence-corrected chi connectivity index (χ1v) is 3.73. The molecule has 6 nitrogen and oxygen atoms in total. The fourth-order valence-corrected chi connectivity index (χ4v) is 0.908. The molecule has 0 aromatic heterocycles. The minimum absolute atomic E-state index is 0. The molecule has 0 bridgehead atoms. The average molecular weight is 233 g/mol. The molecule has 7 heteroatoms. The number of non-ortho nitro benzene ring substituents is 1. The predicted octanol–water partition coefficient (Wildman–Crippen LogP) is 2.13. The molecule has 0 spiro atoms. The van der Waals surface area contributed by atoms with E-state index in [2.05, 4.69) is 0 Å². The number of hydrogen-bond donors (Lipinski definition) is 1. The minimum atomic E-state index is -1.11. The van der Waals surface area contributed by atoms with E-state index in [1.54, 1.807) is 0 Å². The quantitative estimate of drug-likeness (QED) is 0.625. The van der Waals surface area contributed by atoms with E-state index in [-0.39, 0.29) is 18.1 Å². The molecule has 0 radical (unpaired) electrons. The van der Waals surface area contributed by atoms with Crippen molar-refractivity contribution in [3.05, 3.63) is 34.4 Å². The van der Waals surface area contributed by atoms with Crippen molar-refractivity contribution in [1.82, 2.24) is 0 Å². The summed E-state index contributed by atoms with van der Waals surface area (Å²) in [5, 5.41) is 18.9. The third-order valence-electron chi connectivity index (χ3n) is 1.73. The van der Waals surface area contributed by atoms with Gasteiger partial charge >= 0.3 is 6.09 Å². The van der Waals surface area contributed by atoms with E-state index < -0.39 is 11.0 Å². The normalized spacial score (nSPS) is 8.87. The zero-order valence-corrected chi connectivity index (χ0v) is 8.60. The number of carboxylic acid groups (broad SMARTS) is 1. The molecule has 0 heterocycles. The SMILES string of the molecule is CN(C(=O)O)c1ccc([N+](=O)[O-])cc1.Cl. The second kappa shape index (κ2) is 5.16. The number of benzene rings is 1. The molecule has 1 aromatic carbocycles. The lowest BCUT2D eigenvalue weighted by atomic mass is 10.3. The van der Waals surface area contributed by atoms with Crippen LogP contribution in [-0.4, -0.2) is 23.2 Å². The van der Waals surface area contributed by atoms with Gasteiger partial charge in [0.2, 0.25) is 0 Å². The van der Waals surface area contributed by atoms with Crippen molar-refractivity contribution < 1.29 is 14.8 Å². The summed E-state index contributed by atoms with van der Waals surface area (Å²) in [6.07, 6.45) is -1.11. The van der Waals surface area contributed by atoms with Gasteiger partial charge in [-0.2, -0.15) is 0 Å². The van der Waals surface area contributed by atoms with Crippen LogP contribution in [0.5, 0.6) is 0 Å². The molecule has 0 aliphatic heterocycles. The highest BCUT2D eigenvalue weighted by Gasteiger charge is 2.10. The first kappa shape index (κ1) is 13.2. The molecule has 1 rings (SSSR count). The second-order valence-corrected chi connectivity index (χ2v) is 2.62. The van der Waals surface area contributed by atoms with Crippen LogP contribution in [-0.2, 0) is 0 Å². The number of rotatable bonds is 2. The van der Waals surface area contributed by atoms with Crippen molar-refractivity contribution >= 4 is 29.9 Å². The van der Waals surface area contributed by atoms with Crippen molar-refractivity contribution in [3.8, 4) is 0 Å².